The number of aromatic nitrogens is 1. The van der Waals surface area contributed by atoms with Crippen LogP contribution in [0, 0.1) is 0 Å². The highest BCUT2D eigenvalue weighted by Gasteiger charge is 2.36. The maximum absolute atomic E-state index is 2.48. The second-order valence-electron chi connectivity index (χ2n) is 16.9. The van der Waals surface area contributed by atoms with Crippen molar-refractivity contribution >= 4 is 85.6 Å². The van der Waals surface area contributed by atoms with E-state index in [1.165, 1.54) is 124 Å². The van der Waals surface area contributed by atoms with Crippen molar-refractivity contribution in [2.45, 2.75) is 19.3 Å². The van der Waals surface area contributed by atoms with Crippen molar-refractivity contribution < 1.29 is 0 Å². The van der Waals surface area contributed by atoms with Crippen LogP contribution in [0.2, 0.25) is 0 Å². The van der Waals surface area contributed by atoms with E-state index in [-0.39, 0.29) is 5.41 Å². The van der Waals surface area contributed by atoms with E-state index in [0.29, 0.717) is 0 Å². The highest BCUT2D eigenvalue weighted by Crippen LogP contribution is 2.51. The molecule has 12 aromatic rings. The van der Waals surface area contributed by atoms with Gasteiger partial charge in [0.25, 0.3) is 0 Å². The van der Waals surface area contributed by atoms with Gasteiger partial charge in [-0.05, 0) is 137 Å². The first-order valence-electron chi connectivity index (χ1n) is 20.6. The number of nitrogens with zero attached hydrogens (tertiary/aromatic N) is 1. The average Bonchev–Trinajstić information content (AvgIpc) is 3.90. The van der Waals surface area contributed by atoms with Crippen molar-refractivity contribution in [2.24, 2.45) is 0 Å². The van der Waals surface area contributed by atoms with Gasteiger partial charge in [0.05, 0.1) is 11.0 Å². The predicted octanol–water partition coefficient (Wildman–Crippen LogP) is 16.3. The Hall–Kier alpha value is -7.00. The number of benzene rings is 10. The van der Waals surface area contributed by atoms with Gasteiger partial charge in [-0.3, -0.25) is 0 Å². The molecule has 0 radical (unpaired) electrons. The molecule has 0 bridgehead atoms. The van der Waals surface area contributed by atoms with Crippen molar-refractivity contribution in [2.75, 3.05) is 0 Å². The lowest BCUT2D eigenvalue weighted by atomic mass is 9.82. The van der Waals surface area contributed by atoms with Gasteiger partial charge in [-0.15, -0.1) is 11.3 Å². The highest BCUT2D eigenvalue weighted by molar-refractivity contribution is 7.25. The minimum Gasteiger partial charge on any atom is -0.309 e. The van der Waals surface area contributed by atoms with Gasteiger partial charge in [-0.25, -0.2) is 0 Å². The Morgan fingerprint density at radius 3 is 1.68 bits per heavy atom. The molecule has 1 aliphatic carbocycles. The van der Waals surface area contributed by atoms with Gasteiger partial charge in [-0.2, -0.15) is 0 Å². The summed E-state index contributed by atoms with van der Waals surface area (Å²) in [6.07, 6.45) is 0. The Labute approximate surface area is 346 Å². The SMILES string of the molecule is CC1(C)c2ccccc2-c2cc3c4ccccc4n(-c4cccc(-c5ccc6c7ccc(-c8ccc9sc%10ccccc%10c9c8)cc7c7ccccc7c6c5)c4)c3cc21. The number of rotatable bonds is 3. The Bertz CT molecular complexity index is 3740. The second kappa shape index (κ2) is 12.0. The van der Waals surface area contributed by atoms with Crippen LogP contribution < -0.4 is 0 Å². The van der Waals surface area contributed by atoms with E-state index in [0.717, 1.165) is 0 Å². The highest BCUT2D eigenvalue weighted by atomic mass is 32.1. The van der Waals surface area contributed by atoms with E-state index in [4.69, 9.17) is 0 Å². The molecule has 1 nitrogen and oxygen atoms in total. The van der Waals surface area contributed by atoms with Crippen molar-refractivity contribution in [3.63, 3.8) is 0 Å². The molecule has 0 saturated carbocycles. The van der Waals surface area contributed by atoms with Gasteiger partial charge in [0, 0.05) is 42.0 Å². The Morgan fingerprint density at radius 2 is 0.915 bits per heavy atom. The summed E-state index contributed by atoms with van der Waals surface area (Å²) in [5.41, 5.74) is 14.0. The first-order chi connectivity index (χ1) is 29.0. The van der Waals surface area contributed by atoms with E-state index < -0.39 is 0 Å². The third kappa shape index (κ3) is 4.67. The molecule has 2 heteroatoms. The molecular formula is C57H37NS. The fraction of sp³-hybridized carbons (Fsp3) is 0.0526. The van der Waals surface area contributed by atoms with Crippen LogP contribution in [-0.4, -0.2) is 4.57 Å². The van der Waals surface area contributed by atoms with Crippen LogP contribution >= 0.6 is 11.3 Å². The predicted molar refractivity (Wildman–Crippen MR) is 255 cm³/mol. The molecule has 0 spiro atoms. The number of para-hydroxylation sites is 1. The van der Waals surface area contributed by atoms with Gasteiger partial charge in [-0.1, -0.05) is 141 Å². The summed E-state index contributed by atoms with van der Waals surface area (Å²) in [5.74, 6) is 0. The summed E-state index contributed by atoms with van der Waals surface area (Å²) >= 11 is 1.87. The molecule has 0 amide bonds. The van der Waals surface area contributed by atoms with Crippen LogP contribution in [0.3, 0.4) is 0 Å². The smallest absolute Gasteiger partial charge is 0.0544 e. The van der Waals surface area contributed by atoms with E-state index in [1.807, 2.05) is 11.3 Å². The molecule has 0 N–H and O–H groups in total. The first kappa shape index (κ1) is 33.0. The minimum atomic E-state index is -0.0728. The summed E-state index contributed by atoms with van der Waals surface area (Å²) < 4.78 is 5.15. The molecule has 13 rings (SSSR count). The lowest BCUT2D eigenvalue weighted by molar-refractivity contribution is 0.661. The van der Waals surface area contributed by atoms with Crippen LogP contribution in [0.15, 0.2) is 188 Å². The summed E-state index contributed by atoms with van der Waals surface area (Å²) in [6.45, 7) is 4.74. The quantitative estimate of drug-likeness (QED) is 0.158. The zero-order chi connectivity index (χ0) is 39.0. The third-order valence-electron chi connectivity index (χ3n) is 13.4. The lowest BCUT2D eigenvalue weighted by Crippen LogP contribution is -2.14. The standard InChI is InChI=1S/C57H37NS/c1-57(2)51-19-8-5-16-43(51)48-32-49-44-17-6-9-20-53(44)58(54(49)33-52(48)57)38-13-11-12-34(28-38)35-22-25-41-42-26-23-36(30-47(42)40-15-4-3-14-39(40)46(41)29-35)37-24-27-56-50(31-37)45-18-7-10-21-55(45)59-56/h3-33H,1-2H3. The van der Waals surface area contributed by atoms with Gasteiger partial charge in [0.1, 0.15) is 0 Å². The number of hydrogen-bond donors (Lipinski definition) is 0. The zero-order valence-corrected chi connectivity index (χ0v) is 33.6. The van der Waals surface area contributed by atoms with E-state index >= 15 is 0 Å². The van der Waals surface area contributed by atoms with Crippen molar-refractivity contribution in [3.05, 3.63) is 199 Å². The zero-order valence-electron chi connectivity index (χ0n) is 32.8. The van der Waals surface area contributed by atoms with Crippen LogP contribution in [0.5, 0.6) is 0 Å². The Kier molecular flexibility index (Phi) is 6.73. The fourth-order valence-corrected chi connectivity index (χ4v) is 11.6. The topological polar surface area (TPSA) is 4.93 Å². The van der Waals surface area contributed by atoms with Crippen molar-refractivity contribution in [3.8, 4) is 39.1 Å². The average molecular weight is 768 g/mol. The van der Waals surface area contributed by atoms with E-state index in [9.17, 15) is 0 Å². The molecule has 0 atom stereocenters. The molecule has 2 heterocycles. The summed E-state index contributed by atoms with van der Waals surface area (Å²) in [6, 6.07) is 70.7. The van der Waals surface area contributed by atoms with Crippen LogP contribution in [0.4, 0.5) is 0 Å². The molecule has 59 heavy (non-hydrogen) atoms. The lowest BCUT2D eigenvalue weighted by Gasteiger charge is -2.21. The molecule has 2 aromatic heterocycles. The number of thiophene rings is 1. The molecule has 0 unspecified atom stereocenters. The van der Waals surface area contributed by atoms with Crippen molar-refractivity contribution in [1.29, 1.82) is 0 Å². The molecule has 0 saturated heterocycles. The van der Waals surface area contributed by atoms with Crippen LogP contribution in [-0.2, 0) is 5.41 Å². The maximum Gasteiger partial charge on any atom is 0.0544 e. The van der Waals surface area contributed by atoms with Crippen molar-refractivity contribution in [1.82, 2.24) is 4.57 Å². The normalized spacial score (nSPS) is 13.4. The van der Waals surface area contributed by atoms with Gasteiger partial charge >= 0.3 is 0 Å². The maximum atomic E-state index is 2.48. The summed E-state index contributed by atoms with van der Waals surface area (Å²) in [7, 11) is 0. The van der Waals surface area contributed by atoms with Gasteiger partial charge in [0.15, 0.2) is 0 Å². The number of fused-ring (bicyclic) bond motifs is 15. The second-order valence-corrected chi connectivity index (χ2v) is 17.9. The monoisotopic (exact) mass is 767 g/mol. The molecule has 1 aliphatic rings. The van der Waals surface area contributed by atoms with E-state index in [2.05, 4.69) is 206 Å². The van der Waals surface area contributed by atoms with E-state index in [1.54, 1.807) is 0 Å². The molecule has 0 fully saturated rings. The first-order valence-corrected chi connectivity index (χ1v) is 21.4. The summed E-state index contributed by atoms with van der Waals surface area (Å²) in [4.78, 5) is 0. The Morgan fingerprint density at radius 1 is 0.339 bits per heavy atom. The molecule has 10 aromatic carbocycles. The largest absolute Gasteiger partial charge is 0.309 e. The Balaban J connectivity index is 0.960. The van der Waals surface area contributed by atoms with Crippen LogP contribution in [0.1, 0.15) is 25.0 Å². The van der Waals surface area contributed by atoms with Gasteiger partial charge < -0.3 is 4.57 Å². The summed E-state index contributed by atoms with van der Waals surface area (Å²) in [5, 5.41) is 13.0. The molecule has 276 valence electrons. The molecular weight excluding hydrogens is 731 g/mol. The molecule has 0 aliphatic heterocycles. The number of hydrogen-bond acceptors (Lipinski definition) is 1. The minimum absolute atomic E-state index is 0.0728. The third-order valence-corrected chi connectivity index (χ3v) is 14.5. The fourth-order valence-electron chi connectivity index (χ4n) is 10.5. The van der Waals surface area contributed by atoms with Gasteiger partial charge in [0.2, 0.25) is 0 Å². The van der Waals surface area contributed by atoms with Crippen LogP contribution in [0.25, 0.3) is 113 Å².